The van der Waals surface area contributed by atoms with E-state index < -0.39 is 0 Å². The molecule has 0 atom stereocenters. The summed E-state index contributed by atoms with van der Waals surface area (Å²) in [5, 5.41) is 0.772. The zero-order valence-corrected chi connectivity index (χ0v) is 8.90. The van der Waals surface area contributed by atoms with Crippen molar-refractivity contribution >= 4 is 17.0 Å². The van der Waals surface area contributed by atoms with E-state index >= 15 is 0 Å². The number of aromatic nitrogens is 1. The van der Waals surface area contributed by atoms with Crippen LogP contribution in [0.2, 0.25) is 0 Å². The second-order valence-corrected chi connectivity index (χ2v) is 3.51. The summed E-state index contributed by atoms with van der Waals surface area (Å²) in [6.45, 7) is 1.94. The van der Waals surface area contributed by atoms with Gasteiger partial charge in [-0.2, -0.15) is 0 Å². The quantitative estimate of drug-likeness (QED) is 0.691. The highest BCUT2D eigenvalue weighted by atomic mass is 16.1. The monoisotopic (exact) mass is 199 g/mol. The molecule has 76 valence electrons. The van der Waals surface area contributed by atoms with Crippen LogP contribution in [0.15, 0.2) is 41.2 Å². The molecular weight excluding hydrogens is 186 g/mol. The van der Waals surface area contributed by atoms with Gasteiger partial charge >= 0.3 is 0 Å². The van der Waals surface area contributed by atoms with Gasteiger partial charge in [-0.25, -0.2) is 0 Å². The van der Waals surface area contributed by atoms with Crippen molar-refractivity contribution in [2.24, 2.45) is 7.05 Å². The molecule has 0 spiro atoms. The van der Waals surface area contributed by atoms with Crippen molar-refractivity contribution in [2.45, 2.75) is 6.92 Å². The van der Waals surface area contributed by atoms with E-state index in [4.69, 9.17) is 0 Å². The van der Waals surface area contributed by atoms with Gasteiger partial charge in [0, 0.05) is 24.2 Å². The van der Waals surface area contributed by atoms with Gasteiger partial charge in [0.1, 0.15) is 0 Å². The topological polar surface area (TPSA) is 22.0 Å². The lowest BCUT2D eigenvalue weighted by molar-refractivity contribution is 0.935. The summed E-state index contributed by atoms with van der Waals surface area (Å²) in [7, 11) is 1.97. The number of hydrogen-bond donors (Lipinski definition) is 0. The fourth-order valence-electron chi connectivity index (χ4n) is 1.75. The first-order chi connectivity index (χ1) is 7.24. The smallest absolute Gasteiger partial charge is 0.190 e. The molecule has 2 nitrogen and oxygen atoms in total. The molecule has 0 amide bonds. The van der Waals surface area contributed by atoms with Crippen molar-refractivity contribution < 1.29 is 0 Å². The van der Waals surface area contributed by atoms with E-state index in [0.29, 0.717) is 0 Å². The molecule has 1 aromatic heterocycles. The lowest BCUT2D eigenvalue weighted by Crippen LogP contribution is -2.08. The molecule has 0 fully saturated rings. The third-order valence-corrected chi connectivity index (χ3v) is 2.53. The molecule has 0 radical (unpaired) electrons. The van der Waals surface area contributed by atoms with Gasteiger partial charge in [-0.1, -0.05) is 18.2 Å². The first-order valence-electron chi connectivity index (χ1n) is 4.95. The van der Waals surface area contributed by atoms with Crippen molar-refractivity contribution in [3.63, 3.8) is 0 Å². The van der Waals surface area contributed by atoms with E-state index in [9.17, 15) is 4.79 Å². The van der Waals surface area contributed by atoms with Crippen LogP contribution < -0.4 is 5.43 Å². The van der Waals surface area contributed by atoms with Crippen LogP contribution >= 0.6 is 0 Å². The largest absolute Gasteiger partial charge is 0.344 e. The second-order valence-electron chi connectivity index (χ2n) is 3.51. The lowest BCUT2D eigenvalue weighted by Gasteiger charge is -2.08. The van der Waals surface area contributed by atoms with Crippen LogP contribution in [0.3, 0.4) is 0 Å². The van der Waals surface area contributed by atoms with Crippen LogP contribution in [-0.4, -0.2) is 4.57 Å². The fraction of sp³-hybridized carbons (Fsp3) is 0.154. The Bertz CT molecular complexity index is 579. The molecule has 0 aliphatic heterocycles. The first kappa shape index (κ1) is 9.71. The number of pyridine rings is 1. The first-order valence-corrected chi connectivity index (χ1v) is 4.95. The van der Waals surface area contributed by atoms with Crippen LogP contribution in [0.1, 0.15) is 12.6 Å². The van der Waals surface area contributed by atoms with E-state index in [1.165, 1.54) is 0 Å². The predicted octanol–water partition coefficient (Wildman–Crippen LogP) is 2.57. The predicted molar refractivity (Wildman–Crippen MR) is 63.9 cm³/mol. The summed E-state index contributed by atoms with van der Waals surface area (Å²) in [6, 6.07) is 9.32. The highest BCUT2D eigenvalue weighted by Crippen LogP contribution is 2.11. The van der Waals surface area contributed by atoms with Gasteiger partial charge in [-0.3, -0.25) is 4.79 Å². The van der Waals surface area contributed by atoms with Gasteiger partial charge in [0.05, 0.1) is 5.52 Å². The van der Waals surface area contributed by atoms with Crippen LogP contribution in [0, 0.1) is 0 Å². The minimum atomic E-state index is 0.0804. The third-order valence-electron chi connectivity index (χ3n) is 2.53. The maximum Gasteiger partial charge on any atom is 0.190 e. The summed E-state index contributed by atoms with van der Waals surface area (Å²) < 4.78 is 2.02. The Hall–Kier alpha value is -1.83. The fourth-order valence-corrected chi connectivity index (χ4v) is 1.75. The van der Waals surface area contributed by atoms with Gasteiger partial charge in [0.2, 0.25) is 0 Å². The third kappa shape index (κ3) is 1.59. The number of nitrogens with zero attached hydrogens (tertiary/aromatic N) is 1. The highest BCUT2D eigenvalue weighted by molar-refractivity contribution is 5.80. The average molecular weight is 199 g/mol. The summed E-state index contributed by atoms with van der Waals surface area (Å²) >= 11 is 0. The van der Waals surface area contributed by atoms with Crippen LogP contribution in [0.25, 0.3) is 17.0 Å². The van der Waals surface area contributed by atoms with E-state index in [0.717, 1.165) is 16.6 Å². The van der Waals surface area contributed by atoms with Crippen molar-refractivity contribution in [1.29, 1.82) is 0 Å². The van der Waals surface area contributed by atoms with E-state index in [-0.39, 0.29) is 5.43 Å². The molecule has 2 aromatic rings. The zero-order valence-electron chi connectivity index (χ0n) is 8.90. The molecular formula is C13H13NO. The summed E-state index contributed by atoms with van der Waals surface area (Å²) in [5.41, 5.74) is 1.98. The van der Waals surface area contributed by atoms with Crippen LogP contribution in [-0.2, 0) is 7.05 Å². The van der Waals surface area contributed by atoms with E-state index in [1.54, 1.807) is 6.07 Å². The summed E-state index contributed by atoms with van der Waals surface area (Å²) in [4.78, 5) is 11.8. The Kier molecular flexibility index (Phi) is 2.42. The number of benzene rings is 1. The summed E-state index contributed by atoms with van der Waals surface area (Å²) in [5.74, 6) is 0. The maximum absolute atomic E-state index is 11.8. The maximum atomic E-state index is 11.8. The van der Waals surface area contributed by atoms with Gasteiger partial charge in [-0.05, 0) is 25.1 Å². The molecule has 1 aromatic carbocycles. The Balaban J connectivity index is 2.90. The second kappa shape index (κ2) is 3.73. The molecule has 0 N–H and O–H groups in total. The molecule has 1 heterocycles. The van der Waals surface area contributed by atoms with Crippen molar-refractivity contribution in [3.05, 3.63) is 52.3 Å². The molecule has 0 bridgehead atoms. The molecule has 0 saturated heterocycles. The molecule has 2 heteroatoms. The molecule has 0 aliphatic carbocycles. The number of para-hydroxylation sites is 1. The van der Waals surface area contributed by atoms with Crippen molar-refractivity contribution in [3.8, 4) is 0 Å². The van der Waals surface area contributed by atoms with E-state index in [2.05, 4.69) is 0 Å². The molecule has 0 aliphatic rings. The Labute approximate surface area is 88.5 Å². The van der Waals surface area contributed by atoms with Gasteiger partial charge in [-0.15, -0.1) is 0 Å². The number of aryl methyl sites for hydroxylation is 1. The zero-order chi connectivity index (χ0) is 10.8. The molecule has 15 heavy (non-hydrogen) atoms. The number of hydrogen-bond acceptors (Lipinski definition) is 1. The minimum absolute atomic E-state index is 0.0804. The SMILES string of the molecule is C/C=C/c1cc(=O)c2ccccc2n1C. The van der Waals surface area contributed by atoms with Crippen LogP contribution in [0.5, 0.6) is 0 Å². The normalized spacial score (nSPS) is 11.3. The molecule has 0 saturated carbocycles. The van der Waals surface area contributed by atoms with Crippen LogP contribution in [0.4, 0.5) is 0 Å². The highest BCUT2D eigenvalue weighted by Gasteiger charge is 2.02. The number of rotatable bonds is 1. The molecule has 2 rings (SSSR count). The Morgan fingerprint density at radius 3 is 2.73 bits per heavy atom. The molecule has 0 unspecified atom stereocenters. The van der Waals surface area contributed by atoms with E-state index in [1.807, 2.05) is 55.0 Å². The lowest BCUT2D eigenvalue weighted by atomic mass is 10.2. The van der Waals surface area contributed by atoms with Gasteiger partial charge in [0.25, 0.3) is 0 Å². The summed E-state index contributed by atoms with van der Waals surface area (Å²) in [6.07, 6.45) is 3.87. The number of allylic oxidation sites excluding steroid dienone is 1. The number of fused-ring (bicyclic) bond motifs is 1. The van der Waals surface area contributed by atoms with Crippen molar-refractivity contribution in [2.75, 3.05) is 0 Å². The Morgan fingerprint density at radius 2 is 2.00 bits per heavy atom. The standard InChI is InChI=1S/C13H13NO/c1-3-6-10-9-13(15)11-7-4-5-8-12(11)14(10)2/h3-9H,1-2H3/b6-3+. The van der Waals surface area contributed by atoms with Gasteiger partial charge in [0.15, 0.2) is 5.43 Å². The van der Waals surface area contributed by atoms with Crippen molar-refractivity contribution in [1.82, 2.24) is 4.57 Å². The van der Waals surface area contributed by atoms with Gasteiger partial charge < -0.3 is 4.57 Å². The minimum Gasteiger partial charge on any atom is -0.344 e. The average Bonchev–Trinajstić information content (AvgIpc) is 2.26. The Morgan fingerprint density at radius 1 is 1.27 bits per heavy atom.